The number of allylic oxidation sites excluding steroid dienone is 4. The van der Waals surface area contributed by atoms with Crippen LogP contribution in [0.2, 0.25) is 19.6 Å². The van der Waals surface area contributed by atoms with Crippen molar-refractivity contribution in [3.63, 3.8) is 0 Å². The number of halogens is 2. The van der Waals surface area contributed by atoms with Crippen LogP contribution in [-0.2, 0) is 32.1 Å². The van der Waals surface area contributed by atoms with Crippen LogP contribution >= 0.6 is 0 Å². The Labute approximate surface area is 277 Å². The molecule has 5 rings (SSSR count). The molecule has 0 radical (unpaired) electrons. The zero-order valence-electron chi connectivity index (χ0n) is 27.4. The number of hydrogen-bond donors (Lipinski definition) is 0. The van der Waals surface area contributed by atoms with Gasteiger partial charge in [0.1, 0.15) is 0 Å². The molecular weight excluding hydrogens is 647 g/mol. The largest absolute Gasteiger partial charge is 1.00 e. The molecule has 0 fully saturated rings. The first-order valence-corrected chi connectivity index (χ1v) is 22.6. The molecule has 3 aromatic rings. The summed E-state index contributed by atoms with van der Waals surface area (Å²) in [6.07, 6.45) is 2.65. The quantitative estimate of drug-likeness (QED) is 0.352. The van der Waals surface area contributed by atoms with E-state index in [-0.39, 0.29) is 35.6 Å². The van der Waals surface area contributed by atoms with E-state index >= 15 is 0 Å². The summed E-state index contributed by atoms with van der Waals surface area (Å²) in [6.45, 7) is 26.6. The first-order valence-electron chi connectivity index (χ1n) is 15.1. The predicted molar refractivity (Wildman–Crippen MR) is 176 cm³/mol. The van der Waals surface area contributed by atoms with E-state index in [1.807, 2.05) is 3.28 Å². The second-order valence-corrected chi connectivity index (χ2v) is 25.9. The molecule has 4 heteroatoms. The zero-order chi connectivity index (χ0) is 29.2. The number of fused-ring (bicyclic) bond motifs is 3. The van der Waals surface area contributed by atoms with Gasteiger partial charge in [-0.25, -0.2) is 0 Å². The van der Waals surface area contributed by atoms with Crippen LogP contribution in [0.5, 0.6) is 0 Å². The Balaban J connectivity index is 0.00000242. The molecule has 42 heavy (non-hydrogen) atoms. The second kappa shape index (κ2) is 12.6. The van der Waals surface area contributed by atoms with Crippen molar-refractivity contribution in [2.45, 2.75) is 89.5 Å². The zero-order valence-corrected chi connectivity index (χ0v) is 32.4. The second-order valence-electron chi connectivity index (χ2n) is 15.2. The molecule has 0 spiro atoms. The fourth-order valence-electron chi connectivity index (χ4n) is 6.80. The van der Waals surface area contributed by atoms with Crippen LogP contribution in [0.4, 0.5) is 0 Å². The maximum Gasteiger partial charge on any atom is -1.00 e. The van der Waals surface area contributed by atoms with E-state index in [0.29, 0.717) is 9.54 Å². The molecule has 1 atom stereocenters. The van der Waals surface area contributed by atoms with Crippen molar-refractivity contribution in [3.05, 3.63) is 115 Å². The average Bonchev–Trinajstić information content (AvgIpc) is 3.35. The molecule has 222 valence electrons. The monoisotopic (exact) mass is 692 g/mol. The van der Waals surface area contributed by atoms with Crippen LogP contribution in [0.15, 0.2) is 86.9 Å². The van der Waals surface area contributed by atoms with Gasteiger partial charge in [0, 0.05) is 0 Å². The van der Waals surface area contributed by atoms with Gasteiger partial charge in [-0.05, 0) is 0 Å². The third kappa shape index (κ3) is 6.68. The van der Waals surface area contributed by atoms with Gasteiger partial charge in [0.05, 0.1) is 0 Å². The smallest absolute Gasteiger partial charge is 1.00 e. The molecule has 2 aliphatic rings. The van der Waals surface area contributed by atoms with Gasteiger partial charge in [0.15, 0.2) is 0 Å². The van der Waals surface area contributed by atoms with E-state index in [1.54, 1.807) is 21.9 Å². The molecule has 0 saturated heterocycles. The number of hydrogen-bond acceptors (Lipinski definition) is 0. The Morgan fingerprint density at radius 2 is 1.19 bits per heavy atom. The maximum absolute atomic E-state index is 2.78. The standard InChI is InChI=1S/C21H25.C10H17Si.C7H6.2ClH.Zr/c1-20(2,3)16-9-7-14-11-15-8-10-17(21(4,5)6)13-19(15)18(14)12-16;1-8-6-9(2)10(7-8)11(3,4)5;1-7-5-3-2-4-6-7;;;/h7-13H,1-6H3;7-8H,1-5H3;1-6H;2*1H;/q;;;;;+2/p-2. The van der Waals surface area contributed by atoms with Crippen LogP contribution < -0.4 is 24.8 Å². The van der Waals surface area contributed by atoms with Crippen LogP contribution in [-0.4, -0.2) is 11.8 Å². The molecule has 0 bridgehead atoms. The summed E-state index contributed by atoms with van der Waals surface area (Å²) in [5, 5.41) is 1.69. The van der Waals surface area contributed by atoms with Crippen LogP contribution in [0.1, 0.15) is 86.8 Å². The molecule has 0 saturated carbocycles. The van der Waals surface area contributed by atoms with Gasteiger partial charge in [-0.1, -0.05) is 0 Å². The molecule has 1 unspecified atom stereocenters. The van der Waals surface area contributed by atoms with Crippen LogP contribution in [0, 0.1) is 5.92 Å². The van der Waals surface area contributed by atoms with Gasteiger partial charge in [0.2, 0.25) is 0 Å². The van der Waals surface area contributed by atoms with Gasteiger partial charge in [-0.3, -0.25) is 0 Å². The molecule has 0 heterocycles. The Morgan fingerprint density at radius 1 is 0.714 bits per heavy atom. The Bertz CT molecular complexity index is 1490. The fraction of sp³-hybridized carbons (Fsp3) is 0.395. The first-order chi connectivity index (χ1) is 18.6. The molecule has 0 aliphatic heterocycles. The Morgan fingerprint density at radius 3 is 1.60 bits per heavy atom. The SMILES string of the molecule is CC1=[C](/[Zr+2](=[CH]/c2ccccc2)[CH]2c3ccc(C(C)(C)C)cc3-c3cc(C(C)(C)C)ccc32)C(C)C=C1[Si](C)(C)C.[Cl-].[Cl-]. The predicted octanol–water partition coefficient (Wildman–Crippen LogP) is 4.56. The van der Waals surface area contributed by atoms with Crippen LogP contribution in [0.25, 0.3) is 11.1 Å². The van der Waals surface area contributed by atoms with Crippen LogP contribution in [0.3, 0.4) is 0 Å². The molecule has 3 aromatic carbocycles. The summed E-state index contributed by atoms with van der Waals surface area (Å²) in [5.74, 6) is 0.534. The third-order valence-corrected chi connectivity index (χ3v) is 19.4. The van der Waals surface area contributed by atoms with Crippen molar-refractivity contribution in [3.8, 4) is 11.1 Å². The number of benzene rings is 3. The molecule has 2 aliphatic carbocycles. The van der Waals surface area contributed by atoms with E-state index < -0.39 is 29.3 Å². The average molecular weight is 695 g/mol. The topological polar surface area (TPSA) is 0 Å². The van der Waals surface area contributed by atoms with E-state index in [2.05, 4.69) is 152 Å². The van der Waals surface area contributed by atoms with Crippen molar-refractivity contribution in [2.75, 3.05) is 0 Å². The van der Waals surface area contributed by atoms with Crippen molar-refractivity contribution in [1.29, 1.82) is 0 Å². The van der Waals surface area contributed by atoms with Crippen molar-refractivity contribution in [2.24, 2.45) is 5.92 Å². The minimum absolute atomic E-state index is 0. The summed E-state index contributed by atoms with van der Waals surface area (Å²) in [6, 6.07) is 26.2. The summed E-state index contributed by atoms with van der Waals surface area (Å²) in [4.78, 5) is 0. The molecular formula is C38H48Cl2SiZr. The summed E-state index contributed by atoms with van der Waals surface area (Å²) >= 11 is -2.47. The summed E-state index contributed by atoms with van der Waals surface area (Å²) < 4.78 is 5.09. The third-order valence-electron chi connectivity index (χ3n) is 8.98. The van der Waals surface area contributed by atoms with E-state index in [0.717, 1.165) is 0 Å². The fourth-order valence-corrected chi connectivity index (χ4v) is 17.8. The van der Waals surface area contributed by atoms with Gasteiger partial charge < -0.3 is 24.8 Å². The van der Waals surface area contributed by atoms with E-state index in [9.17, 15) is 0 Å². The van der Waals surface area contributed by atoms with Crippen molar-refractivity contribution >= 4 is 11.8 Å². The van der Waals surface area contributed by atoms with Crippen molar-refractivity contribution in [1.82, 2.24) is 0 Å². The van der Waals surface area contributed by atoms with Gasteiger partial charge in [-0.2, -0.15) is 0 Å². The van der Waals surface area contributed by atoms with Gasteiger partial charge >= 0.3 is 254 Å². The van der Waals surface area contributed by atoms with Gasteiger partial charge in [0.25, 0.3) is 0 Å². The summed E-state index contributed by atoms with van der Waals surface area (Å²) in [5.41, 5.74) is 12.3. The normalized spacial score (nSPS) is 16.9. The molecule has 0 nitrogen and oxygen atoms in total. The first kappa shape index (κ1) is 35.2. The molecule has 0 amide bonds. The Kier molecular flexibility index (Phi) is 10.5. The van der Waals surface area contributed by atoms with Gasteiger partial charge in [-0.15, -0.1) is 0 Å². The Hall–Kier alpha value is -1.31. The molecule has 0 aromatic heterocycles. The molecule has 0 N–H and O–H groups in total. The van der Waals surface area contributed by atoms with Crippen molar-refractivity contribution < 1.29 is 46.1 Å². The minimum atomic E-state index is -2.47. The minimum Gasteiger partial charge on any atom is -1.00 e. The number of rotatable bonds is 4. The van der Waals surface area contributed by atoms with E-state index in [1.165, 1.54) is 27.8 Å². The maximum atomic E-state index is 2.78. The van der Waals surface area contributed by atoms with E-state index in [4.69, 9.17) is 0 Å². The summed E-state index contributed by atoms with van der Waals surface area (Å²) in [7, 11) is -1.43.